The van der Waals surface area contributed by atoms with E-state index in [9.17, 15) is 4.79 Å². The molecule has 0 fully saturated rings. The first kappa shape index (κ1) is 12.6. The van der Waals surface area contributed by atoms with Crippen molar-refractivity contribution in [3.8, 4) is 0 Å². The summed E-state index contributed by atoms with van der Waals surface area (Å²) >= 11 is 1.62. The maximum atomic E-state index is 11.5. The maximum absolute atomic E-state index is 11.5. The van der Waals surface area contributed by atoms with Crippen molar-refractivity contribution in [1.82, 2.24) is 10.3 Å². The Balaban J connectivity index is 2.08. The summed E-state index contributed by atoms with van der Waals surface area (Å²) in [7, 11) is 1.63. The second-order valence-electron chi connectivity index (χ2n) is 3.89. The number of hydrogen-bond donors (Lipinski definition) is 2. The maximum Gasteiger partial charge on any atom is 0.251 e. The fraction of sp³-hybridized carbons (Fsp3) is 0.231. The molecule has 0 aliphatic rings. The summed E-state index contributed by atoms with van der Waals surface area (Å²) in [6.07, 6.45) is 1.79. The zero-order valence-corrected chi connectivity index (χ0v) is 11.2. The number of thiazole rings is 1. The van der Waals surface area contributed by atoms with E-state index in [1.54, 1.807) is 24.6 Å². The average molecular weight is 261 g/mol. The van der Waals surface area contributed by atoms with E-state index < -0.39 is 0 Å². The van der Waals surface area contributed by atoms with E-state index in [1.807, 2.05) is 30.5 Å². The van der Waals surface area contributed by atoms with Crippen molar-refractivity contribution in [3.05, 3.63) is 45.9 Å². The highest BCUT2D eigenvalue weighted by Gasteiger charge is 2.06. The summed E-state index contributed by atoms with van der Waals surface area (Å²) in [6, 6.07) is 5.62. The molecule has 0 saturated carbocycles. The normalized spacial score (nSPS) is 10.1. The molecule has 94 valence electrons. The van der Waals surface area contributed by atoms with Gasteiger partial charge in [-0.05, 0) is 30.7 Å². The van der Waals surface area contributed by atoms with Crippen molar-refractivity contribution in [2.24, 2.45) is 0 Å². The average Bonchev–Trinajstić information content (AvgIpc) is 2.89. The lowest BCUT2D eigenvalue weighted by atomic mass is 10.1. The molecule has 1 amide bonds. The third kappa shape index (κ3) is 2.87. The molecule has 1 aromatic heterocycles. The van der Waals surface area contributed by atoms with Gasteiger partial charge in [0, 0.05) is 29.9 Å². The smallest absolute Gasteiger partial charge is 0.251 e. The lowest BCUT2D eigenvalue weighted by Gasteiger charge is -2.09. The molecule has 0 unspecified atom stereocenters. The molecule has 0 bridgehead atoms. The van der Waals surface area contributed by atoms with Crippen LogP contribution in [0, 0.1) is 6.92 Å². The molecular weight excluding hydrogens is 246 g/mol. The van der Waals surface area contributed by atoms with Gasteiger partial charge in [-0.2, -0.15) is 0 Å². The number of carbonyl (C=O) groups is 1. The van der Waals surface area contributed by atoms with Crippen LogP contribution in [0.3, 0.4) is 0 Å². The van der Waals surface area contributed by atoms with Crippen LogP contribution in [-0.2, 0) is 6.54 Å². The largest absolute Gasteiger partial charge is 0.378 e. The van der Waals surface area contributed by atoms with Gasteiger partial charge in [0.05, 0.1) is 6.54 Å². The fourth-order valence-corrected chi connectivity index (χ4v) is 2.21. The highest BCUT2D eigenvalue weighted by molar-refractivity contribution is 7.09. The van der Waals surface area contributed by atoms with Crippen LogP contribution in [-0.4, -0.2) is 17.9 Å². The zero-order chi connectivity index (χ0) is 13.0. The molecule has 5 heteroatoms. The Morgan fingerprint density at radius 3 is 2.89 bits per heavy atom. The van der Waals surface area contributed by atoms with E-state index >= 15 is 0 Å². The Hall–Kier alpha value is -1.88. The van der Waals surface area contributed by atoms with Gasteiger partial charge in [-0.15, -0.1) is 11.3 Å². The lowest BCUT2D eigenvalue weighted by Crippen LogP contribution is -2.17. The number of benzene rings is 1. The van der Waals surface area contributed by atoms with Gasteiger partial charge < -0.3 is 10.6 Å². The van der Waals surface area contributed by atoms with Crippen LogP contribution in [0.2, 0.25) is 0 Å². The monoisotopic (exact) mass is 261 g/mol. The van der Waals surface area contributed by atoms with E-state index in [-0.39, 0.29) is 5.91 Å². The van der Waals surface area contributed by atoms with Crippen LogP contribution in [0.4, 0.5) is 5.69 Å². The third-order valence-corrected chi connectivity index (χ3v) is 3.41. The number of anilines is 1. The molecule has 1 heterocycles. The van der Waals surface area contributed by atoms with Gasteiger partial charge in [-0.1, -0.05) is 0 Å². The highest BCUT2D eigenvalue weighted by Crippen LogP contribution is 2.18. The SMILES string of the molecule is CNC(=O)c1ccc(NCc2nccs2)c(C)c1. The standard InChI is InChI=1S/C13H15N3OS/c1-9-7-10(13(17)14-2)3-4-11(9)16-8-12-15-5-6-18-12/h3-7,16H,8H2,1-2H3,(H,14,17). The van der Waals surface area contributed by atoms with E-state index in [0.717, 1.165) is 16.3 Å². The van der Waals surface area contributed by atoms with Crippen LogP contribution >= 0.6 is 11.3 Å². The molecule has 18 heavy (non-hydrogen) atoms. The summed E-state index contributed by atoms with van der Waals surface area (Å²) in [4.78, 5) is 15.7. The Kier molecular flexibility index (Phi) is 3.94. The van der Waals surface area contributed by atoms with Gasteiger partial charge >= 0.3 is 0 Å². The predicted octanol–water partition coefficient (Wildman–Crippen LogP) is 2.42. The third-order valence-electron chi connectivity index (χ3n) is 2.63. The predicted molar refractivity (Wildman–Crippen MR) is 74.0 cm³/mol. The second kappa shape index (κ2) is 5.64. The number of amides is 1. The molecule has 0 aliphatic carbocycles. The molecule has 2 aromatic rings. The number of nitrogens with one attached hydrogen (secondary N) is 2. The van der Waals surface area contributed by atoms with Crippen LogP contribution in [0.25, 0.3) is 0 Å². The topological polar surface area (TPSA) is 54.0 Å². The summed E-state index contributed by atoms with van der Waals surface area (Å²) in [5.74, 6) is -0.0652. The van der Waals surface area contributed by atoms with Gasteiger partial charge in [-0.3, -0.25) is 4.79 Å². The Labute approximate surface area is 110 Å². The molecule has 2 rings (SSSR count). The molecule has 0 atom stereocenters. The first-order valence-corrected chi connectivity index (χ1v) is 6.53. The minimum absolute atomic E-state index is 0.0652. The molecule has 1 aromatic carbocycles. The molecule has 0 saturated heterocycles. The summed E-state index contributed by atoms with van der Waals surface area (Å²) in [5.41, 5.74) is 2.75. The molecule has 0 radical (unpaired) electrons. The molecule has 0 aliphatic heterocycles. The number of carbonyl (C=O) groups excluding carboxylic acids is 1. The quantitative estimate of drug-likeness (QED) is 0.888. The van der Waals surface area contributed by atoms with Gasteiger partial charge in [-0.25, -0.2) is 4.98 Å². The first-order valence-electron chi connectivity index (χ1n) is 5.65. The fourth-order valence-electron chi connectivity index (χ4n) is 1.66. The Morgan fingerprint density at radius 2 is 2.28 bits per heavy atom. The van der Waals surface area contributed by atoms with E-state index in [0.29, 0.717) is 12.1 Å². The van der Waals surface area contributed by atoms with Crippen molar-refractivity contribution >= 4 is 22.9 Å². The number of rotatable bonds is 4. The van der Waals surface area contributed by atoms with Crippen molar-refractivity contribution < 1.29 is 4.79 Å². The van der Waals surface area contributed by atoms with Crippen molar-refractivity contribution in [2.45, 2.75) is 13.5 Å². The summed E-state index contributed by atoms with van der Waals surface area (Å²) < 4.78 is 0. The number of aryl methyl sites for hydroxylation is 1. The van der Waals surface area contributed by atoms with Crippen LogP contribution in [0.15, 0.2) is 29.8 Å². The van der Waals surface area contributed by atoms with Gasteiger partial charge in [0.15, 0.2) is 0 Å². The van der Waals surface area contributed by atoms with Crippen LogP contribution in [0.5, 0.6) is 0 Å². The highest BCUT2D eigenvalue weighted by atomic mass is 32.1. The second-order valence-corrected chi connectivity index (χ2v) is 4.87. The van der Waals surface area contributed by atoms with Crippen molar-refractivity contribution in [2.75, 3.05) is 12.4 Å². The van der Waals surface area contributed by atoms with E-state index in [2.05, 4.69) is 15.6 Å². The molecule has 2 N–H and O–H groups in total. The number of aromatic nitrogens is 1. The number of nitrogens with zero attached hydrogens (tertiary/aromatic N) is 1. The van der Waals surface area contributed by atoms with E-state index in [4.69, 9.17) is 0 Å². The zero-order valence-electron chi connectivity index (χ0n) is 10.4. The van der Waals surface area contributed by atoms with Crippen molar-refractivity contribution in [3.63, 3.8) is 0 Å². The summed E-state index contributed by atoms with van der Waals surface area (Å²) in [5, 5.41) is 8.93. The van der Waals surface area contributed by atoms with Crippen molar-refractivity contribution in [1.29, 1.82) is 0 Å². The molecule has 0 spiro atoms. The van der Waals surface area contributed by atoms with Crippen LogP contribution in [0.1, 0.15) is 20.9 Å². The summed E-state index contributed by atoms with van der Waals surface area (Å²) in [6.45, 7) is 2.69. The lowest BCUT2D eigenvalue weighted by molar-refractivity contribution is 0.0963. The Bertz CT molecular complexity index is 537. The minimum Gasteiger partial charge on any atom is -0.378 e. The van der Waals surface area contributed by atoms with Gasteiger partial charge in [0.1, 0.15) is 5.01 Å². The van der Waals surface area contributed by atoms with E-state index in [1.165, 1.54) is 0 Å². The number of hydrogen-bond acceptors (Lipinski definition) is 4. The molecule has 4 nitrogen and oxygen atoms in total. The molecular formula is C13H15N3OS. The van der Waals surface area contributed by atoms with Gasteiger partial charge in [0.2, 0.25) is 0 Å². The Morgan fingerprint density at radius 1 is 1.44 bits per heavy atom. The minimum atomic E-state index is -0.0652. The first-order chi connectivity index (χ1) is 8.70. The van der Waals surface area contributed by atoms with Crippen LogP contribution < -0.4 is 10.6 Å². The van der Waals surface area contributed by atoms with Gasteiger partial charge in [0.25, 0.3) is 5.91 Å².